The number of benzene rings is 5. The van der Waals surface area contributed by atoms with Crippen LogP contribution in [0.2, 0.25) is 0 Å². The molecule has 0 fully saturated rings. The Bertz CT molecular complexity index is 1860. The summed E-state index contributed by atoms with van der Waals surface area (Å²) in [6.45, 7) is 2.44. The summed E-state index contributed by atoms with van der Waals surface area (Å²) in [5, 5.41) is 8.09. The maximum atomic E-state index is 13.5. The summed E-state index contributed by atoms with van der Waals surface area (Å²) in [7, 11) is 1.58. The number of thioether (sulfide) groups is 1. The van der Waals surface area contributed by atoms with Crippen molar-refractivity contribution < 1.29 is 23.9 Å². The molecule has 0 aliphatic heterocycles. The van der Waals surface area contributed by atoms with Crippen molar-refractivity contribution in [2.24, 2.45) is 0 Å². The Kier molecular flexibility index (Phi) is 11.7. The van der Waals surface area contributed by atoms with Crippen molar-refractivity contribution in [1.82, 2.24) is 5.32 Å². The number of hydrogen-bond donors (Lipinski definition) is 3. The van der Waals surface area contributed by atoms with E-state index in [4.69, 9.17) is 9.47 Å². The molecule has 48 heavy (non-hydrogen) atoms. The Hall–Kier alpha value is -5.80. The molecule has 0 saturated heterocycles. The third kappa shape index (κ3) is 9.37. The number of carbonyl (C=O) groups is 3. The van der Waals surface area contributed by atoms with Crippen molar-refractivity contribution in [1.29, 1.82) is 0 Å². The predicted octanol–water partition coefficient (Wildman–Crippen LogP) is 7.98. The molecule has 0 aliphatic rings. The Morgan fingerprint density at radius 2 is 1.42 bits per heavy atom. The van der Waals surface area contributed by atoms with Crippen LogP contribution in [0, 0.1) is 0 Å². The van der Waals surface area contributed by atoms with Crippen LogP contribution in [0.25, 0.3) is 6.08 Å². The lowest BCUT2D eigenvalue weighted by atomic mass is 10.1. The molecular formula is C39H35N3O5S. The average Bonchev–Trinajstić information content (AvgIpc) is 3.12. The van der Waals surface area contributed by atoms with Gasteiger partial charge in [-0.25, -0.2) is 0 Å². The summed E-state index contributed by atoms with van der Waals surface area (Å²) < 4.78 is 10.8. The molecule has 3 N–H and O–H groups in total. The molecule has 0 spiro atoms. The summed E-state index contributed by atoms with van der Waals surface area (Å²) >= 11 is 1.39. The largest absolute Gasteiger partial charge is 0.497 e. The van der Waals surface area contributed by atoms with Crippen LogP contribution in [-0.4, -0.2) is 31.4 Å². The van der Waals surface area contributed by atoms with E-state index in [9.17, 15) is 14.4 Å². The van der Waals surface area contributed by atoms with Crippen LogP contribution in [0.15, 0.2) is 144 Å². The smallest absolute Gasteiger partial charge is 0.272 e. The second-order valence-electron chi connectivity index (χ2n) is 10.5. The third-order valence-corrected chi connectivity index (χ3v) is 8.34. The molecule has 0 bridgehead atoms. The molecule has 3 amide bonds. The second-order valence-corrected chi connectivity index (χ2v) is 11.7. The number of anilines is 2. The highest BCUT2D eigenvalue weighted by Gasteiger charge is 2.23. The molecule has 5 rings (SSSR count). The van der Waals surface area contributed by atoms with Gasteiger partial charge in [0.25, 0.3) is 11.8 Å². The van der Waals surface area contributed by atoms with Gasteiger partial charge in [0.2, 0.25) is 5.91 Å². The first kappa shape index (κ1) is 33.6. The second kappa shape index (κ2) is 16.7. The van der Waals surface area contributed by atoms with Crippen LogP contribution in [-0.2, 0) is 9.59 Å². The summed E-state index contributed by atoms with van der Waals surface area (Å²) in [5.74, 6) is 0.267. The molecule has 0 heterocycles. The van der Waals surface area contributed by atoms with Crippen molar-refractivity contribution in [2.75, 3.05) is 24.4 Å². The van der Waals surface area contributed by atoms with Crippen LogP contribution >= 0.6 is 11.8 Å². The summed E-state index contributed by atoms with van der Waals surface area (Å²) in [4.78, 5) is 40.9. The summed E-state index contributed by atoms with van der Waals surface area (Å²) in [6.07, 6.45) is 1.61. The van der Waals surface area contributed by atoms with E-state index in [0.29, 0.717) is 40.6 Å². The molecule has 5 aromatic rings. The lowest BCUT2D eigenvalue weighted by Crippen LogP contribution is -2.30. The molecule has 0 aromatic heterocycles. The van der Waals surface area contributed by atoms with Crippen LogP contribution in [0.1, 0.15) is 33.7 Å². The minimum absolute atomic E-state index is 0.0739. The van der Waals surface area contributed by atoms with Crippen molar-refractivity contribution in [2.45, 2.75) is 17.1 Å². The van der Waals surface area contributed by atoms with E-state index in [-0.39, 0.29) is 11.6 Å². The fourth-order valence-electron chi connectivity index (χ4n) is 4.70. The number of amides is 3. The van der Waals surface area contributed by atoms with Crippen molar-refractivity contribution >= 4 is 46.9 Å². The Morgan fingerprint density at radius 3 is 2.08 bits per heavy atom. The highest BCUT2D eigenvalue weighted by atomic mass is 32.2. The Labute approximate surface area is 284 Å². The normalized spacial score (nSPS) is 11.6. The predicted molar refractivity (Wildman–Crippen MR) is 191 cm³/mol. The standard InChI is InChI=1S/C39H35N3O5S/c1-3-47-32-21-17-27(18-22-32)25-35(42-37(43)29-13-8-5-9-14-29)38(44)40-30-19-23-34(24-20-30)48-36(28-11-6-4-7-12-28)39(45)41-31-15-10-16-33(26-31)46-2/h4-26,36H,3H2,1-2H3,(H,40,44)(H,41,45)(H,42,43)/b35-25-. The maximum Gasteiger partial charge on any atom is 0.272 e. The number of carbonyl (C=O) groups excluding carboxylic acids is 3. The Morgan fingerprint density at radius 1 is 0.729 bits per heavy atom. The lowest BCUT2D eigenvalue weighted by Gasteiger charge is -2.18. The van der Waals surface area contributed by atoms with E-state index in [1.807, 2.05) is 85.8 Å². The van der Waals surface area contributed by atoms with E-state index in [1.165, 1.54) is 11.8 Å². The van der Waals surface area contributed by atoms with Gasteiger partial charge in [-0.3, -0.25) is 14.4 Å². The van der Waals surface area contributed by atoms with E-state index >= 15 is 0 Å². The zero-order valence-corrected chi connectivity index (χ0v) is 27.3. The minimum atomic E-state index is -0.547. The molecule has 5 aromatic carbocycles. The van der Waals surface area contributed by atoms with Gasteiger partial charge < -0.3 is 25.4 Å². The first-order valence-corrected chi connectivity index (χ1v) is 16.2. The van der Waals surface area contributed by atoms with E-state index in [2.05, 4.69) is 16.0 Å². The lowest BCUT2D eigenvalue weighted by molar-refractivity contribution is -0.116. The SMILES string of the molecule is CCOc1ccc(/C=C(\NC(=O)c2ccccc2)C(=O)Nc2ccc(SC(C(=O)Nc3cccc(OC)c3)c3ccccc3)cc2)cc1. The Balaban J connectivity index is 1.32. The van der Waals surface area contributed by atoms with Crippen LogP contribution in [0.5, 0.6) is 11.5 Å². The topological polar surface area (TPSA) is 106 Å². The molecule has 9 heteroatoms. The van der Waals surface area contributed by atoms with Gasteiger partial charge in [0.05, 0.1) is 13.7 Å². The highest BCUT2D eigenvalue weighted by Crippen LogP contribution is 2.37. The van der Waals surface area contributed by atoms with Crippen molar-refractivity contribution in [3.05, 3.63) is 156 Å². The third-order valence-electron chi connectivity index (χ3n) is 7.07. The van der Waals surface area contributed by atoms with E-state index in [0.717, 1.165) is 10.5 Å². The van der Waals surface area contributed by atoms with E-state index in [1.54, 1.807) is 67.8 Å². The zero-order chi connectivity index (χ0) is 33.7. The van der Waals surface area contributed by atoms with Crippen molar-refractivity contribution in [3.63, 3.8) is 0 Å². The summed E-state index contributed by atoms with van der Waals surface area (Å²) in [5.41, 5.74) is 3.21. The summed E-state index contributed by atoms with van der Waals surface area (Å²) in [6, 6.07) is 39.9. The van der Waals surface area contributed by atoms with Gasteiger partial charge in [-0.2, -0.15) is 0 Å². The fourth-order valence-corrected chi connectivity index (χ4v) is 5.72. The number of ether oxygens (including phenoxy) is 2. The van der Waals surface area contributed by atoms with Crippen LogP contribution in [0.3, 0.4) is 0 Å². The monoisotopic (exact) mass is 657 g/mol. The molecule has 0 radical (unpaired) electrons. The van der Waals surface area contributed by atoms with Gasteiger partial charge in [0.15, 0.2) is 0 Å². The van der Waals surface area contributed by atoms with Gasteiger partial charge in [-0.05, 0) is 84.8 Å². The zero-order valence-electron chi connectivity index (χ0n) is 26.5. The quantitative estimate of drug-likeness (QED) is 0.0876. The molecule has 1 atom stereocenters. The maximum absolute atomic E-state index is 13.5. The first-order valence-electron chi connectivity index (χ1n) is 15.3. The van der Waals surface area contributed by atoms with Gasteiger partial charge in [0.1, 0.15) is 22.4 Å². The minimum Gasteiger partial charge on any atom is -0.497 e. The van der Waals surface area contributed by atoms with Gasteiger partial charge in [-0.1, -0.05) is 66.7 Å². The van der Waals surface area contributed by atoms with Gasteiger partial charge >= 0.3 is 0 Å². The highest BCUT2D eigenvalue weighted by molar-refractivity contribution is 8.00. The molecule has 8 nitrogen and oxygen atoms in total. The molecule has 0 aliphatic carbocycles. The number of rotatable bonds is 13. The number of hydrogen-bond acceptors (Lipinski definition) is 6. The van der Waals surface area contributed by atoms with Crippen LogP contribution in [0.4, 0.5) is 11.4 Å². The molecular weight excluding hydrogens is 623 g/mol. The van der Waals surface area contributed by atoms with Crippen LogP contribution < -0.4 is 25.4 Å². The molecule has 1 unspecified atom stereocenters. The van der Waals surface area contributed by atoms with E-state index < -0.39 is 17.1 Å². The van der Waals surface area contributed by atoms with Crippen molar-refractivity contribution in [3.8, 4) is 11.5 Å². The fraction of sp³-hybridized carbons (Fsp3) is 0.103. The first-order chi connectivity index (χ1) is 23.4. The average molecular weight is 658 g/mol. The van der Waals surface area contributed by atoms with Gasteiger partial charge in [-0.15, -0.1) is 11.8 Å². The molecule has 242 valence electrons. The number of nitrogens with one attached hydrogen (secondary N) is 3. The number of methoxy groups -OCH3 is 1. The molecule has 0 saturated carbocycles. The van der Waals surface area contributed by atoms with Gasteiger partial charge in [0, 0.05) is 27.9 Å².